The summed E-state index contributed by atoms with van der Waals surface area (Å²) in [5.41, 5.74) is 1.08. The third-order valence-electron chi connectivity index (χ3n) is 6.17. The normalized spacial score (nSPS) is 22.8. The third-order valence-corrected chi connectivity index (χ3v) is 6.17. The molecule has 2 fully saturated rings. The summed E-state index contributed by atoms with van der Waals surface area (Å²) in [5.74, 6) is -0.242. The van der Waals surface area contributed by atoms with Crippen molar-refractivity contribution in [1.29, 1.82) is 0 Å². The number of benzene rings is 1. The highest BCUT2D eigenvalue weighted by molar-refractivity contribution is 6.10. The van der Waals surface area contributed by atoms with E-state index in [0.717, 1.165) is 38.0 Å². The number of hydrogen-bond donors (Lipinski definition) is 1. The SMILES string of the molecule is CC(C)Oc1cccc(C2C(C(=O)C3CC3)=C(O)C(=O)N2CCN2CCCCC2)c1. The van der Waals surface area contributed by atoms with Gasteiger partial charge < -0.3 is 19.6 Å². The van der Waals surface area contributed by atoms with Crippen LogP contribution in [0.1, 0.15) is 57.6 Å². The molecule has 1 saturated carbocycles. The molecule has 6 nitrogen and oxygen atoms in total. The topological polar surface area (TPSA) is 70.1 Å². The minimum absolute atomic E-state index is 0.0252. The number of carbonyl (C=O) groups is 2. The fraction of sp³-hybridized carbons (Fsp3) is 0.583. The van der Waals surface area contributed by atoms with Gasteiger partial charge in [0.05, 0.1) is 17.7 Å². The Morgan fingerprint density at radius 2 is 1.90 bits per heavy atom. The van der Waals surface area contributed by atoms with E-state index in [4.69, 9.17) is 4.74 Å². The van der Waals surface area contributed by atoms with Crippen molar-refractivity contribution < 1.29 is 19.4 Å². The molecule has 162 valence electrons. The van der Waals surface area contributed by atoms with Crippen molar-refractivity contribution in [3.8, 4) is 5.75 Å². The number of likely N-dealkylation sites (tertiary alicyclic amines) is 1. The van der Waals surface area contributed by atoms with Crippen LogP contribution in [0.5, 0.6) is 5.75 Å². The van der Waals surface area contributed by atoms with Crippen LogP contribution in [-0.2, 0) is 9.59 Å². The van der Waals surface area contributed by atoms with Gasteiger partial charge in [-0.05, 0) is 70.3 Å². The molecular weight excluding hydrogens is 380 g/mol. The minimum Gasteiger partial charge on any atom is -0.503 e. The van der Waals surface area contributed by atoms with Crippen molar-refractivity contribution in [2.45, 2.75) is 58.1 Å². The smallest absolute Gasteiger partial charge is 0.290 e. The van der Waals surface area contributed by atoms with Crippen LogP contribution in [0.4, 0.5) is 0 Å². The van der Waals surface area contributed by atoms with Gasteiger partial charge in [0.2, 0.25) is 0 Å². The lowest BCUT2D eigenvalue weighted by Crippen LogP contribution is -2.40. The number of hydrogen-bond acceptors (Lipinski definition) is 5. The summed E-state index contributed by atoms with van der Waals surface area (Å²) < 4.78 is 5.84. The third kappa shape index (κ3) is 4.38. The molecule has 1 aliphatic carbocycles. The molecule has 1 unspecified atom stereocenters. The van der Waals surface area contributed by atoms with Gasteiger partial charge in [0.15, 0.2) is 11.5 Å². The molecule has 0 radical (unpaired) electrons. The van der Waals surface area contributed by atoms with E-state index >= 15 is 0 Å². The zero-order chi connectivity index (χ0) is 21.3. The maximum absolute atomic E-state index is 13.0. The molecule has 4 rings (SSSR count). The van der Waals surface area contributed by atoms with Crippen LogP contribution in [0, 0.1) is 5.92 Å². The first kappa shape index (κ1) is 20.9. The number of aliphatic hydroxyl groups excluding tert-OH is 1. The monoisotopic (exact) mass is 412 g/mol. The Morgan fingerprint density at radius 1 is 1.17 bits per heavy atom. The highest BCUT2D eigenvalue weighted by Gasteiger charge is 2.47. The maximum Gasteiger partial charge on any atom is 0.290 e. The molecule has 30 heavy (non-hydrogen) atoms. The maximum atomic E-state index is 13.0. The number of Topliss-reactive ketones (excluding diaryl/α,β-unsaturated/α-hetero) is 1. The van der Waals surface area contributed by atoms with E-state index in [2.05, 4.69) is 4.90 Å². The summed E-state index contributed by atoms with van der Waals surface area (Å²) in [7, 11) is 0. The van der Waals surface area contributed by atoms with Crippen LogP contribution in [0.2, 0.25) is 0 Å². The van der Waals surface area contributed by atoms with Gasteiger partial charge in [-0.2, -0.15) is 0 Å². The standard InChI is InChI=1S/C24H32N2O4/c1-16(2)30-19-8-6-7-18(15-19)21-20(22(27)17-9-10-17)23(28)24(29)26(21)14-13-25-11-4-3-5-12-25/h6-8,15-17,21,28H,3-5,9-14H2,1-2H3. The number of nitrogens with zero attached hydrogens (tertiary/aromatic N) is 2. The molecule has 0 bridgehead atoms. The van der Waals surface area contributed by atoms with Crippen molar-refractivity contribution in [2.24, 2.45) is 5.92 Å². The van der Waals surface area contributed by atoms with Gasteiger partial charge in [0.1, 0.15) is 5.75 Å². The Balaban J connectivity index is 1.63. The van der Waals surface area contributed by atoms with E-state index in [1.54, 1.807) is 4.90 Å². The molecule has 3 aliphatic rings. The number of amides is 1. The van der Waals surface area contributed by atoms with E-state index in [1.807, 2.05) is 38.1 Å². The second kappa shape index (κ2) is 8.80. The molecule has 2 heterocycles. The molecule has 0 aromatic heterocycles. The second-order valence-electron chi connectivity index (χ2n) is 8.94. The van der Waals surface area contributed by atoms with E-state index in [-0.39, 0.29) is 29.1 Å². The van der Waals surface area contributed by atoms with Gasteiger partial charge >= 0.3 is 0 Å². The van der Waals surface area contributed by atoms with Crippen LogP contribution < -0.4 is 4.74 Å². The van der Waals surface area contributed by atoms with E-state index in [1.165, 1.54) is 19.3 Å². The van der Waals surface area contributed by atoms with Crippen molar-refractivity contribution in [3.63, 3.8) is 0 Å². The van der Waals surface area contributed by atoms with Crippen LogP contribution in [-0.4, -0.2) is 58.9 Å². The van der Waals surface area contributed by atoms with Crippen LogP contribution in [0.25, 0.3) is 0 Å². The molecule has 1 N–H and O–H groups in total. The predicted molar refractivity (Wildman–Crippen MR) is 114 cm³/mol. The van der Waals surface area contributed by atoms with Crippen molar-refractivity contribution in [3.05, 3.63) is 41.2 Å². The first-order chi connectivity index (χ1) is 14.5. The summed E-state index contributed by atoms with van der Waals surface area (Å²) in [4.78, 5) is 30.1. The zero-order valence-electron chi connectivity index (χ0n) is 18.0. The van der Waals surface area contributed by atoms with Crippen LogP contribution in [0.15, 0.2) is 35.6 Å². The van der Waals surface area contributed by atoms with Gasteiger partial charge in [0.25, 0.3) is 5.91 Å². The summed E-state index contributed by atoms with van der Waals surface area (Å²) in [6.07, 6.45) is 5.31. The zero-order valence-corrected chi connectivity index (χ0v) is 18.0. The number of carbonyl (C=O) groups excluding carboxylic acids is 2. The number of ether oxygens (including phenoxy) is 1. The van der Waals surface area contributed by atoms with Gasteiger partial charge in [0, 0.05) is 19.0 Å². The second-order valence-corrected chi connectivity index (χ2v) is 8.94. The Bertz CT molecular complexity index is 837. The van der Waals surface area contributed by atoms with Crippen molar-refractivity contribution in [1.82, 2.24) is 9.80 Å². The van der Waals surface area contributed by atoms with Gasteiger partial charge in [-0.1, -0.05) is 18.6 Å². The largest absolute Gasteiger partial charge is 0.503 e. The molecule has 1 saturated heterocycles. The van der Waals surface area contributed by atoms with E-state index in [9.17, 15) is 14.7 Å². The summed E-state index contributed by atoms with van der Waals surface area (Å²) in [6, 6.07) is 7.02. The van der Waals surface area contributed by atoms with Crippen molar-refractivity contribution >= 4 is 11.7 Å². The molecule has 1 aromatic rings. The molecule has 1 aromatic carbocycles. The van der Waals surface area contributed by atoms with Gasteiger partial charge in [-0.15, -0.1) is 0 Å². The fourth-order valence-corrected chi connectivity index (χ4v) is 4.51. The van der Waals surface area contributed by atoms with Crippen LogP contribution in [0.3, 0.4) is 0 Å². The highest BCUT2D eigenvalue weighted by atomic mass is 16.5. The fourth-order valence-electron chi connectivity index (χ4n) is 4.51. The lowest BCUT2D eigenvalue weighted by molar-refractivity contribution is -0.129. The van der Waals surface area contributed by atoms with Gasteiger partial charge in [-0.25, -0.2) is 0 Å². The number of ketones is 1. The summed E-state index contributed by atoms with van der Waals surface area (Å²) >= 11 is 0. The number of piperidine rings is 1. The Labute approximate surface area is 178 Å². The van der Waals surface area contributed by atoms with Gasteiger partial charge in [-0.3, -0.25) is 9.59 Å². The summed E-state index contributed by atoms with van der Waals surface area (Å²) in [6.45, 7) is 7.25. The molecule has 6 heteroatoms. The Morgan fingerprint density at radius 3 is 2.57 bits per heavy atom. The lowest BCUT2D eigenvalue weighted by atomic mass is 9.94. The van der Waals surface area contributed by atoms with E-state index in [0.29, 0.717) is 12.3 Å². The Kier molecular flexibility index (Phi) is 6.14. The average Bonchev–Trinajstić information content (AvgIpc) is 3.54. The molecule has 2 aliphatic heterocycles. The number of rotatable bonds is 8. The molecule has 0 spiro atoms. The predicted octanol–water partition coefficient (Wildman–Crippen LogP) is 3.63. The quantitative estimate of drug-likeness (QED) is 0.706. The van der Waals surface area contributed by atoms with E-state index < -0.39 is 11.9 Å². The lowest BCUT2D eigenvalue weighted by Gasteiger charge is -2.32. The van der Waals surface area contributed by atoms with Crippen LogP contribution >= 0.6 is 0 Å². The first-order valence-electron chi connectivity index (χ1n) is 11.2. The molecule has 1 atom stereocenters. The van der Waals surface area contributed by atoms with Crippen molar-refractivity contribution in [2.75, 3.05) is 26.2 Å². The minimum atomic E-state index is -0.550. The first-order valence-corrected chi connectivity index (χ1v) is 11.2. The molecule has 1 amide bonds. The number of aliphatic hydroxyl groups is 1. The molecular formula is C24H32N2O4. The average molecular weight is 413 g/mol. The highest BCUT2D eigenvalue weighted by Crippen LogP contribution is 2.43. The Hall–Kier alpha value is -2.34. The summed E-state index contributed by atoms with van der Waals surface area (Å²) in [5, 5.41) is 10.7.